The molecule has 1 aliphatic heterocycles. The van der Waals surface area contributed by atoms with Crippen LogP contribution < -0.4 is 10.6 Å². The first kappa shape index (κ1) is 10.5. The van der Waals surface area contributed by atoms with Gasteiger partial charge in [-0.1, -0.05) is 12.1 Å². The first-order valence-electron chi connectivity index (χ1n) is 4.47. The van der Waals surface area contributed by atoms with Gasteiger partial charge in [-0.25, -0.2) is 0 Å². The van der Waals surface area contributed by atoms with Crippen molar-refractivity contribution in [2.45, 2.75) is 6.17 Å². The number of phenols is 1. The molecule has 16 heavy (non-hydrogen) atoms. The van der Waals surface area contributed by atoms with Gasteiger partial charge in [-0.05, 0) is 24.4 Å². The Morgan fingerprint density at radius 2 is 2.12 bits per heavy atom. The molecule has 82 valence electrons. The molecule has 1 atom stereocenters. The van der Waals surface area contributed by atoms with Crippen molar-refractivity contribution in [3.63, 3.8) is 0 Å². The lowest BCUT2D eigenvalue weighted by atomic mass is 10.3. The summed E-state index contributed by atoms with van der Waals surface area (Å²) in [6, 6.07) is 6.45. The van der Waals surface area contributed by atoms with E-state index in [-0.39, 0.29) is 16.8 Å². The normalized spacial score (nSPS) is 19.9. The number of amides is 1. The molecule has 1 amide bonds. The Morgan fingerprint density at radius 1 is 1.38 bits per heavy atom. The third kappa shape index (κ3) is 2.14. The van der Waals surface area contributed by atoms with Gasteiger partial charge < -0.3 is 10.4 Å². The van der Waals surface area contributed by atoms with Crippen LogP contribution in [0.25, 0.3) is 0 Å². The first-order valence-corrected chi connectivity index (χ1v) is 4.88. The quantitative estimate of drug-likeness (QED) is 0.524. The Bertz CT molecular complexity index is 474. The van der Waals surface area contributed by atoms with E-state index in [2.05, 4.69) is 20.9 Å². The van der Waals surface area contributed by atoms with Crippen molar-refractivity contribution < 1.29 is 9.90 Å². The fourth-order valence-electron chi connectivity index (χ4n) is 1.16. The number of azo groups is 1. The lowest BCUT2D eigenvalue weighted by Crippen LogP contribution is -2.25. The molecule has 1 unspecified atom stereocenters. The van der Waals surface area contributed by atoms with Crippen LogP contribution in [0.5, 0.6) is 5.75 Å². The average Bonchev–Trinajstić information content (AvgIpc) is 2.56. The Kier molecular flexibility index (Phi) is 2.78. The van der Waals surface area contributed by atoms with Crippen molar-refractivity contribution in [3.05, 3.63) is 24.3 Å². The predicted molar refractivity (Wildman–Crippen MR) is 60.3 cm³/mol. The van der Waals surface area contributed by atoms with Gasteiger partial charge in [-0.15, -0.1) is 5.11 Å². The van der Waals surface area contributed by atoms with Crippen LogP contribution in [0, 0.1) is 0 Å². The van der Waals surface area contributed by atoms with Crippen molar-refractivity contribution in [2.24, 2.45) is 10.2 Å². The number of nitrogens with one attached hydrogen (secondary N) is 2. The third-order valence-corrected chi connectivity index (χ3v) is 2.14. The Morgan fingerprint density at radius 3 is 2.75 bits per heavy atom. The van der Waals surface area contributed by atoms with E-state index in [1.807, 2.05) is 0 Å². The van der Waals surface area contributed by atoms with Gasteiger partial charge in [0.1, 0.15) is 11.4 Å². The minimum absolute atomic E-state index is 0.00670. The zero-order valence-electron chi connectivity index (χ0n) is 8.04. The maximum atomic E-state index is 11.2. The van der Waals surface area contributed by atoms with Gasteiger partial charge in [0.25, 0.3) is 5.91 Å². The summed E-state index contributed by atoms with van der Waals surface area (Å²) in [7, 11) is 0. The SMILES string of the molecule is O=C1NC(=S)NC1N=Nc1ccccc1O. The van der Waals surface area contributed by atoms with E-state index in [1.165, 1.54) is 6.07 Å². The number of aromatic hydroxyl groups is 1. The Hall–Kier alpha value is -2.02. The summed E-state index contributed by atoms with van der Waals surface area (Å²) in [4.78, 5) is 11.2. The van der Waals surface area contributed by atoms with Gasteiger partial charge in [0.05, 0.1) is 0 Å². The molecular weight excluding hydrogens is 228 g/mol. The smallest absolute Gasteiger partial charge is 0.273 e. The molecule has 1 heterocycles. The number of para-hydroxylation sites is 1. The number of hydrogen-bond donors (Lipinski definition) is 3. The largest absolute Gasteiger partial charge is 0.506 e. The maximum Gasteiger partial charge on any atom is 0.273 e. The topological polar surface area (TPSA) is 86.1 Å². The Balaban J connectivity index is 2.13. The van der Waals surface area contributed by atoms with Crippen LogP contribution in [-0.2, 0) is 4.79 Å². The molecule has 0 spiro atoms. The van der Waals surface area contributed by atoms with Crippen LogP contribution in [0.1, 0.15) is 0 Å². The van der Waals surface area contributed by atoms with Crippen LogP contribution in [0.15, 0.2) is 34.5 Å². The highest BCUT2D eigenvalue weighted by atomic mass is 32.1. The standard InChI is InChI=1S/C9H8N4O2S/c14-6-4-2-1-3-5(6)12-13-7-8(15)11-9(16)10-7/h1-4,7,14H,(H2,10,11,15,16). The van der Waals surface area contributed by atoms with Crippen LogP contribution in [0.4, 0.5) is 5.69 Å². The maximum absolute atomic E-state index is 11.2. The van der Waals surface area contributed by atoms with E-state index in [0.717, 1.165) is 0 Å². The minimum atomic E-state index is -0.827. The summed E-state index contributed by atoms with van der Waals surface area (Å²) >= 11 is 4.74. The average molecular weight is 236 g/mol. The summed E-state index contributed by atoms with van der Waals surface area (Å²) < 4.78 is 0. The molecule has 6 nitrogen and oxygen atoms in total. The van der Waals surface area contributed by atoms with Gasteiger partial charge in [0.15, 0.2) is 5.11 Å². The molecule has 0 bridgehead atoms. The van der Waals surface area contributed by atoms with Gasteiger partial charge in [0.2, 0.25) is 6.17 Å². The molecule has 0 aromatic heterocycles. The van der Waals surface area contributed by atoms with Crippen molar-refractivity contribution in [3.8, 4) is 5.75 Å². The molecule has 7 heteroatoms. The van der Waals surface area contributed by atoms with E-state index >= 15 is 0 Å². The molecule has 1 fully saturated rings. The van der Waals surface area contributed by atoms with Crippen LogP contribution in [-0.4, -0.2) is 22.3 Å². The van der Waals surface area contributed by atoms with Crippen molar-refractivity contribution in [1.29, 1.82) is 0 Å². The van der Waals surface area contributed by atoms with Gasteiger partial charge >= 0.3 is 0 Å². The number of carbonyl (C=O) groups excluding carboxylic acids is 1. The second-order valence-corrected chi connectivity index (χ2v) is 3.48. The Labute approximate surface area is 96.4 Å². The molecule has 1 aromatic rings. The highest BCUT2D eigenvalue weighted by Gasteiger charge is 2.26. The van der Waals surface area contributed by atoms with E-state index in [9.17, 15) is 9.90 Å². The first-order chi connectivity index (χ1) is 7.66. The zero-order valence-corrected chi connectivity index (χ0v) is 8.86. The lowest BCUT2D eigenvalue weighted by Gasteiger charge is -1.99. The highest BCUT2D eigenvalue weighted by molar-refractivity contribution is 7.80. The predicted octanol–water partition coefficient (Wildman–Crippen LogP) is 0.806. The van der Waals surface area contributed by atoms with Crippen molar-refractivity contribution in [2.75, 3.05) is 0 Å². The van der Waals surface area contributed by atoms with Crippen LogP contribution in [0.2, 0.25) is 0 Å². The molecule has 0 radical (unpaired) electrons. The summed E-state index contributed by atoms with van der Waals surface area (Å²) in [6.45, 7) is 0. The number of rotatable bonds is 2. The number of phenolic OH excluding ortho intramolecular Hbond substituents is 1. The van der Waals surface area contributed by atoms with Crippen LogP contribution in [0.3, 0.4) is 0 Å². The summed E-state index contributed by atoms with van der Waals surface area (Å²) in [5.41, 5.74) is 0.301. The third-order valence-electron chi connectivity index (χ3n) is 1.92. The molecule has 0 aliphatic carbocycles. The molecule has 2 rings (SSSR count). The number of benzene rings is 1. The lowest BCUT2D eigenvalue weighted by molar-refractivity contribution is -0.120. The number of nitrogens with zero attached hydrogens (tertiary/aromatic N) is 2. The van der Waals surface area contributed by atoms with E-state index in [1.54, 1.807) is 18.2 Å². The van der Waals surface area contributed by atoms with Gasteiger partial charge in [-0.2, -0.15) is 5.11 Å². The monoisotopic (exact) mass is 236 g/mol. The second-order valence-electron chi connectivity index (χ2n) is 3.07. The van der Waals surface area contributed by atoms with E-state index in [4.69, 9.17) is 12.2 Å². The summed E-state index contributed by atoms with van der Waals surface area (Å²) in [6.07, 6.45) is -0.827. The molecule has 0 saturated carbocycles. The highest BCUT2D eigenvalue weighted by Crippen LogP contribution is 2.25. The van der Waals surface area contributed by atoms with Crippen molar-refractivity contribution >= 4 is 28.9 Å². The summed E-state index contributed by atoms with van der Waals surface area (Å²) in [5.74, 6) is -0.351. The van der Waals surface area contributed by atoms with E-state index < -0.39 is 6.17 Å². The second kappa shape index (κ2) is 4.23. The fraction of sp³-hybridized carbons (Fsp3) is 0.111. The van der Waals surface area contributed by atoms with Crippen molar-refractivity contribution in [1.82, 2.24) is 10.6 Å². The van der Waals surface area contributed by atoms with Crippen LogP contribution >= 0.6 is 12.2 Å². The van der Waals surface area contributed by atoms with Gasteiger partial charge in [0, 0.05) is 0 Å². The fourth-order valence-corrected chi connectivity index (χ4v) is 1.37. The zero-order chi connectivity index (χ0) is 11.5. The molecule has 1 saturated heterocycles. The number of thiocarbonyl (C=S) groups is 1. The van der Waals surface area contributed by atoms with E-state index in [0.29, 0.717) is 5.69 Å². The number of carbonyl (C=O) groups is 1. The minimum Gasteiger partial charge on any atom is -0.506 e. The summed E-state index contributed by atoms with van der Waals surface area (Å²) in [5, 5.41) is 22.1. The molecule has 1 aromatic carbocycles. The van der Waals surface area contributed by atoms with Gasteiger partial charge in [-0.3, -0.25) is 10.1 Å². The molecular formula is C9H8N4O2S. The molecule has 1 aliphatic rings. The number of hydrogen-bond acceptors (Lipinski definition) is 5. The molecule has 3 N–H and O–H groups in total.